The van der Waals surface area contributed by atoms with Crippen molar-refractivity contribution in [1.29, 1.82) is 0 Å². The van der Waals surface area contributed by atoms with Crippen LogP contribution >= 0.6 is 28.7 Å². The maximum Gasteiger partial charge on any atom is 0.247 e. The molecular weight excluding hydrogens is 361 g/mol. The molecule has 1 rings (SSSR count). The van der Waals surface area contributed by atoms with E-state index in [1.807, 2.05) is 20.8 Å². The number of hydrogen-bond acceptors (Lipinski definition) is 7. The van der Waals surface area contributed by atoms with Gasteiger partial charge in [0.2, 0.25) is 11.6 Å². The Hall–Kier alpha value is 0.0900. The van der Waals surface area contributed by atoms with Gasteiger partial charge in [-0.2, -0.15) is 0 Å². The Morgan fingerprint density at radius 3 is 2.68 bits per heavy atom. The van der Waals surface area contributed by atoms with Crippen LogP contribution in [0, 0.1) is 0 Å². The average Bonchev–Trinajstić information content (AvgIpc) is 2.42. The van der Waals surface area contributed by atoms with Gasteiger partial charge in [-0.05, 0) is 45.1 Å². The molecule has 5 nitrogen and oxygen atoms in total. The standard InChI is InChI=1S/C13H23ClN3O2PS2/c1-5-7-22-20(21,18-6-2)19-9-11-8-12(14)17-13(16-11)15-10(3)4/h8,10H,5-7,9H2,1-4H3,(H,15,16,17)/t20-/m0/s1. The quantitative estimate of drug-likeness (QED) is 0.456. The summed E-state index contributed by atoms with van der Waals surface area (Å²) in [7, 11) is 0. The Morgan fingerprint density at radius 2 is 2.09 bits per heavy atom. The number of hydrogen-bond donors (Lipinski definition) is 1. The zero-order valence-electron chi connectivity index (χ0n) is 13.3. The average molecular weight is 384 g/mol. The molecule has 1 atom stereocenters. The predicted octanol–water partition coefficient (Wildman–Crippen LogP) is 4.87. The highest BCUT2D eigenvalue weighted by Gasteiger charge is 2.19. The SMILES string of the molecule is CCCS[P@@](=S)(OCC)OCc1cc(Cl)nc(NC(C)C)n1. The van der Waals surface area contributed by atoms with Crippen molar-refractivity contribution < 1.29 is 9.05 Å². The van der Waals surface area contributed by atoms with E-state index in [0.29, 0.717) is 23.4 Å². The molecule has 0 amide bonds. The van der Waals surface area contributed by atoms with E-state index in [4.69, 9.17) is 32.5 Å². The van der Waals surface area contributed by atoms with Gasteiger partial charge in [0.25, 0.3) is 0 Å². The van der Waals surface area contributed by atoms with Crippen LogP contribution in [-0.4, -0.2) is 28.4 Å². The van der Waals surface area contributed by atoms with Crippen LogP contribution in [0.2, 0.25) is 5.15 Å². The van der Waals surface area contributed by atoms with Crippen LogP contribution in [0.5, 0.6) is 0 Å². The van der Waals surface area contributed by atoms with Gasteiger partial charge in [-0.1, -0.05) is 29.9 Å². The topological polar surface area (TPSA) is 56.3 Å². The molecule has 0 saturated heterocycles. The monoisotopic (exact) mass is 383 g/mol. The van der Waals surface area contributed by atoms with Gasteiger partial charge in [-0.25, -0.2) is 9.97 Å². The fourth-order valence-corrected chi connectivity index (χ4v) is 6.21. The number of nitrogens with zero attached hydrogens (tertiary/aromatic N) is 2. The summed E-state index contributed by atoms with van der Waals surface area (Å²) in [6.07, 6.45) is 1.03. The van der Waals surface area contributed by atoms with Gasteiger partial charge in [-0.15, -0.1) is 0 Å². The molecule has 1 N–H and O–H groups in total. The van der Waals surface area contributed by atoms with Gasteiger partial charge in [0, 0.05) is 11.8 Å². The molecule has 0 aromatic carbocycles. The first-order valence-corrected chi connectivity index (χ1v) is 11.8. The largest absolute Gasteiger partial charge is 0.352 e. The van der Waals surface area contributed by atoms with E-state index in [0.717, 1.165) is 12.2 Å². The number of nitrogens with one attached hydrogen (secondary N) is 1. The van der Waals surface area contributed by atoms with Crippen molar-refractivity contribution >= 4 is 46.4 Å². The normalized spacial score (nSPS) is 14.1. The summed E-state index contributed by atoms with van der Waals surface area (Å²) < 4.78 is 11.5. The molecule has 0 aliphatic heterocycles. The Labute approximate surface area is 146 Å². The van der Waals surface area contributed by atoms with Gasteiger partial charge in [0.05, 0.1) is 18.9 Å². The molecule has 9 heteroatoms. The number of aromatic nitrogens is 2. The predicted molar refractivity (Wildman–Crippen MR) is 99.2 cm³/mol. The van der Waals surface area contributed by atoms with Crippen molar-refractivity contribution in [3.8, 4) is 0 Å². The van der Waals surface area contributed by atoms with Crippen LogP contribution in [0.4, 0.5) is 5.95 Å². The van der Waals surface area contributed by atoms with Crippen molar-refractivity contribution in [2.24, 2.45) is 0 Å². The number of anilines is 1. The second kappa shape index (κ2) is 10.1. The third-order valence-corrected chi connectivity index (χ3v) is 8.11. The van der Waals surface area contributed by atoms with Crippen molar-refractivity contribution in [2.45, 2.75) is 46.8 Å². The van der Waals surface area contributed by atoms with E-state index in [2.05, 4.69) is 22.2 Å². The third-order valence-electron chi connectivity index (χ3n) is 2.28. The van der Waals surface area contributed by atoms with Crippen LogP contribution < -0.4 is 5.32 Å². The van der Waals surface area contributed by atoms with Gasteiger partial charge in [0.1, 0.15) is 5.15 Å². The summed E-state index contributed by atoms with van der Waals surface area (Å²) in [5.74, 6) is 1.41. The van der Waals surface area contributed by atoms with Gasteiger partial charge in [0.15, 0.2) is 0 Å². The Bertz CT molecular complexity index is 520. The molecule has 0 unspecified atom stereocenters. The van der Waals surface area contributed by atoms with E-state index >= 15 is 0 Å². The van der Waals surface area contributed by atoms with Crippen molar-refractivity contribution in [3.05, 3.63) is 16.9 Å². The van der Waals surface area contributed by atoms with Crippen LogP contribution in [0.15, 0.2) is 6.07 Å². The highest BCUT2D eigenvalue weighted by Crippen LogP contribution is 2.61. The molecule has 0 aliphatic rings. The zero-order chi connectivity index (χ0) is 16.6. The number of halogens is 1. The molecule has 0 spiro atoms. The lowest BCUT2D eigenvalue weighted by atomic mass is 10.4. The molecule has 1 aromatic rings. The first-order chi connectivity index (χ1) is 10.4. The zero-order valence-corrected chi connectivity index (χ0v) is 16.6. The molecule has 0 radical (unpaired) electrons. The third kappa shape index (κ3) is 7.57. The maximum atomic E-state index is 6.03. The molecule has 0 aliphatic carbocycles. The molecule has 1 aromatic heterocycles. The summed E-state index contributed by atoms with van der Waals surface area (Å²) in [5.41, 5.74) is -1.64. The maximum absolute atomic E-state index is 6.03. The van der Waals surface area contributed by atoms with Crippen LogP contribution in [-0.2, 0) is 27.5 Å². The minimum atomic E-state index is -2.33. The fraction of sp³-hybridized carbons (Fsp3) is 0.692. The summed E-state index contributed by atoms with van der Waals surface area (Å²) in [5, 5.41) is 3.50. The smallest absolute Gasteiger partial charge is 0.247 e. The highest BCUT2D eigenvalue weighted by molar-refractivity contribution is 8.67. The minimum Gasteiger partial charge on any atom is -0.352 e. The summed E-state index contributed by atoms with van der Waals surface area (Å²) in [6, 6.07) is 1.91. The lowest BCUT2D eigenvalue weighted by Crippen LogP contribution is -2.13. The van der Waals surface area contributed by atoms with Gasteiger partial charge >= 0.3 is 0 Å². The van der Waals surface area contributed by atoms with E-state index in [1.54, 1.807) is 17.4 Å². The minimum absolute atomic E-state index is 0.223. The molecule has 0 fully saturated rings. The Balaban J connectivity index is 2.76. The van der Waals surface area contributed by atoms with Crippen molar-refractivity contribution in [1.82, 2.24) is 9.97 Å². The molecule has 126 valence electrons. The van der Waals surface area contributed by atoms with E-state index < -0.39 is 5.69 Å². The molecule has 1 heterocycles. The Morgan fingerprint density at radius 1 is 1.36 bits per heavy atom. The summed E-state index contributed by atoms with van der Waals surface area (Å²) >= 11 is 13.1. The van der Waals surface area contributed by atoms with Crippen LogP contribution in [0.3, 0.4) is 0 Å². The second-order valence-electron chi connectivity index (χ2n) is 4.78. The summed E-state index contributed by atoms with van der Waals surface area (Å²) in [6.45, 7) is 8.85. The second-order valence-corrected chi connectivity index (χ2v) is 11.6. The van der Waals surface area contributed by atoms with E-state index in [-0.39, 0.29) is 12.6 Å². The van der Waals surface area contributed by atoms with Crippen LogP contribution in [0.1, 0.15) is 39.8 Å². The lowest BCUT2D eigenvalue weighted by molar-refractivity contribution is 0.259. The van der Waals surface area contributed by atoms with Crippen LogP contribution in [0.25, 0.3) is 0 Å². The summed E-state index contributed by atoms with van der Waals surface area (Å²) in [4.78, 5) is 8.53. The number of rotatable bonds is 10. The first-order valence-electron chi connectivity index (χ1n) is 7.22. The molecular formula is C13H23ClN3O2PS2. The van der Waals surface area contributed by atoms with Crippen molar-refractivity contribution in [3.63, 3.8) is 0 Å². The van der Waals surface area contributed by atoms with E-state index in [1.165, 1.54) is 0 Å². The highest BCUT2D eigenvalue weighted by atomic mass is 35.5. The van der Waals surface area contributed by atoms with Gasteiger partial charge < -0.3 is 14.4 Å². The molecule has 0 saturated carbocycles. The first kappa shape index (κ1) is 20.1. The lowest BCUT2D eigenvalue weighted by Gasteiger charge is -2.20. The van der Waals surface area contributed by atoms with Gasteiger partial charge in [-0.3, -0.25) is 0 Å². The van der Waals surface area contributed by atoms with Crippen molar-refractivity contribution in [2.75, 3.05) is 17.7 Å². The fourth-order valence-electron chi connectivity index (χ4n) is 1.48. The molecule has 22 heavy (non-hydrogen) atoms. The Kier molecular flexibility index (Phi) is 9.21. The van der Waals surface area contributed by atoms with E-state index in [9.17, 15) is 0 Å². The molecule has 0 bridgehead atoms.